The summed E-state index contributed by atoms with van der Waals surface area (Å²) in [4.78, 5) is 12.1. The van der Waals surface area contributed by atoms with Crippen molar-refractivity contribution >= 4 is 17.5 Å². The van der Waals surface area contributed by atoms with Gasteiger partial charge in [0.2, 0.25) is 11.2 Å². The minimum Gasteiger partial charge on any atom is -0.394 e. The van der Waals surface area contributed by atoms with Crippen molar-refractivity contribution in [3.8, 4) is 5.95 Å². The molecule has 2 aromatic heterocycles. The third kappa shape index (κ3) is 3.03. The Hall–Kier alpha value is -1.77. The fourth-order valence-electron chi connectivity index (χ4n) is 1.56. The van der Waals surface area contributed by atoms with E-state index in [2.05, 4.69) is 25.4 Å². The van der Waals surface area contributed by atoms with Crippen LogP contribution < -0.4 is 5.32 Å². The zero-order chi connectivity index (χ0) is 14.6. The third-order valence-electron chi connectivity index (χ3n) is 2.96. The first-order valence-electron chi connectivity index (χ1n) is 6.04. The summed E-state index contributed by atoms with van der Waals surface area (Å²) >= 11 is 5.86. The van der Waals surface area contributed by atoms with Crippen molar-refractivity contribution in [1.29, 1.82) is 0 Å². The van der Waals surface area contributed by atoms with E-state index in [9.17, 15) is 10.2 Å². The average molecular weight is 299 g/mol. The smallest absolute Gasteiger partial charge is 0.256 e. The fourth-order valence-corrected chi connectivity index (χ4v) is 1.72. The standard InChI is InChI=1S/C11H15ClN6O2/c1-2-11(6-19,7-20)17-9-14-8(12)15-10(16-9)18-5-3-4-13-18/h3-5,19-20H,2,6-7H2,1H3,(H,14,15,16,17). The minimum atomic E-state index is -0.911. The number of aromatic nitrogens is 5. The lowest BCUT2D eigenvalue weighted by molar-refractivity contribution is 0.132. The summed E-state index contributed by atoms with van der Waals surface area (Å²) in [5, 5.41) is 25.7. The Kier molecular flexibility index (Phi) is 4.48. The molecule has 0 saturated heterocycles. The summed E-state index contributed by atoms with van der Waals surface area (Å²) in [6, 6.07) is 1.72. The number of nitrogens with zero attached hydrogens (tertiary/aromatic N) is 5. The minimum absolute atomic E-state index is 0.00566. The molecule has 0 aliphatic heterocycles. The van der Waals surface area contributed by atoms with Gasteiger partial charge < -0.3 is 15.5 Å². The molecule has 2 rings (SSSR count). The highest BCUT2D eigenvalue weighted by Gasteiger charge is 2.27. The molecule has 0 bridgehead atoms. The SMILES string of the molecule is CCC(CO)(CO)Nc1nc(Cl)nc(-n2cccn2)n1. The van der Waals surface area contributed by atoms with Gasteiger partial charge in [0.05, 0.1) is 18.8 Å². The van der Waals surface area contributed by atoms with Crippen LogP contribution in [0.1, 0.15) is 13.3 Å². The van der Waals surface area contributed by atoms with Crippen molar-refractivity contribution in [2.75, 3.05) is 18.5 Å². The van der Waals surface area contributed by atoms with E-state index in [1.807, 2.05) is 6.92 Å². The summed E-state index contributed by atoms with van der Waals surface area (Å²) in [6.07, 6.45) is 3.74. The number of hydrogen-bond donors (Lipinski definition) is 3. The first-order chi connectivity index (χ1) is 9.62. The van der Waals surface area contributed by atoms with Gasteiger partial charge in [0.1, 0.15) is 0 Å². The molecule has 0 fully saturated rings. The van der Waals surface area contributed by atoms with Crippen molar-refractivity contribution in [3.05, 3.63) is 23.7 Å². The van der Waals surface area contributed by atoms with Crippen LogP contribution in [0.3, 0.4) is 0 Å². The molecule has 0 unspecified atom stereocenters. The van der Waals surface area contributed by atoms with Gasteiger partial charge in [0.25, 0.3) is 5.95 Å². The Bertz CT molecular complexity index is 550. The Morgan fingerprint density at radius 3 is 2.60 bits per heavy atom. The van der Waals surface area contributed by atoms with Crippen LogP contribution in [0.5, 0.6) is 0 Å². The Labute approximate surface area is 120 Å². The molecule has 3 N–H and O–H groups in total. The maximum absolute atomic E-state index is 9.42. The second-order valence-electron chi connectivity index (χ2n) is 4.25. The van der Waals surface area contributed by atoms with Gasteiger partial charge in [-0.05, 0) is 24.1 Å². The summed E-state index contributed by atoms with van der Waals surface area (Å²) < 4.78 is 1.43. The van der Waals surface area contributed by atoms with Crippen LogP contribution >= 0.6 is 11.6 Å². The molecule has 0 radical (unpaired) electrons. The lowest BCUT2D eigenvalue weighted by atomic mass is 9.99. The summed E-state index contributed by atoms with van der Waals surface area (Å²) in [5.74, 6) is 0.416. The van der Waals surface area contributed by atoms with Gasteiger partial charge >= 0.3 is 0 Å². The predicted molar refractivity (Wildman–Crippen MR) is 72.8 cm³/mol. The monoisotopic (exact) mass is 298 g/mol. The number of halogens is 1. The molecule has 9 heteroatoms. The maximum atomic E-state index is 9.42. The van der Waals surface area contributed by atoms with Gasteiger partial charge in [-0.25, -0.2) is 4.68 Å². The molecule has 0 aliphatic carbocycles. The molecule has 2 aromatic rings. The lowest BCUT2D eigenvalue weighted by Gasteiger charge is -2.29. The van der Waals surface area contributed by atoms with Crippen molar-refractivity contribution in [3.63, 3.8) is 0 Å². The van der Waals surface area contributed by atoms with Gasteiger partial charge in [-0.3, -0.25) is 0 Å². The molecule has 8 nitrogen and oxygen atoms in total. The Balaban J connectivity index is 2.33. The van der Waals surface area contributed by atoms with Gasteiger partial charge in [-0.15, -0.1) is 0 Å². The zero-order valence-corrected chi connectivity index (χ0v) is 11.6. The molecule has 0 saturated carbocycles. The second-order valence-corrected chi connectivity index (χ2v) is 4.59. The number of aliphatic hydroxyl groups is 2. The molecule has 0 atom stereocenters. The molecule has 0 spiro atoms. The third-order valence-corrected chi connectivity index (χ3v) is 3.13. The fraction of sp³-hybridized carbons (Fsp3) is 0.455. The van der Waals surface area contributed by atoms with Crippen LogP contribution in [0, 0.1) is 0 Å². The highest BCUT2D eigenvalue weighted by Crippen LogP contribution is 2.17. The lowest BCUT2D eigenvalue weighted by Crippen LogP contribution is -2.45. The van der Waals surface area contributed by atoms with Crippen LogP contribution in [0.25, 0.3) is 5.95 Å². The highest BCUT2D eigenvalue weighted by molar-refractivity contribution is 6.28. The van der Waals surface area contributed by atoms with Crippen LogP contribution in [0.2, 0.25) is 5.28 Å². The number of anilines is 1. The van der Waals surface area contributed by atoms with Crippen molar-refractivity contribution < 1.29 is 10.2 Å². The van der Waals surface area contributed by atoms with Crippen LogP contribution in [-0.2, 0) is 0 Å². The number of rotatable bonds is 6. The van der Waals surface area contributed by atoms with E-state index < -0.39 is 5.54 Å². The van der Waals surface area contributed by atoms with E-state index in [0.717, 1.165) is 0 Å². The normalized spacial score (nSPS) is 11.6. The van der Waals surface area contributed by atoms with Gasteiger partial charge in [0, 0.05) is 12.4 Å². The zero-order valence-electron chi connectivity index (χ0n) is 10.9. The number of nitrogens with one attached hydrogen (secondary N) is 1. The summed E-state index contributed by atoms with van der Waals surface area (Å²) in [7, 11) is 0. The first-order valence-corrected chi connectivity index (χ1v) is 6.42. The molecule has 2 heterocycles. The van der Waals surface area contributed by atoms with Crippen molar-refractivity contribution in [2.24, 2.45) is 0 Å². The second kappa shape index (κ2) is 6.12. The van der Waals surface area contributed by atoms with Crippen LogP contribution in [0.15, 0.2) is 18.5 Å². The topological polar surface area (TPSA) is 109 Å². The molecule has 0 amide bonds. The maximum Gasteiger partial charge on any atom is 0.256 e. The van der Waals surface area contributed by atoms with Gasteiger partial charge in [-0.2, -0.15) is 20.1 Å². The van der Waals surface area contributed by atoms with E-state index in [0.29, 0.717) is 6.42 Å². The molecule has 0 aromatic carbocycles. The molecular formula is C11H15ClN6O2. The van der Waals surface area contributed by atoms with Crippen LogP contribution in [0.4, 0.5) is 5.95 Å². The molecule has 0 aliphatic rings. The van der Waals surface area contributed by atoms with E-state index >= 15 is 0 Å². The molecule has 20 heavy (non-hydrogen) atoms. The average Bonchev–Trinajstić information content (AvgIpc) is 2.98. The van der Waals surface area contributed by atoms with Gasteiger partial charge in [-0.1, -0.05) is 6.92 Å². The molecular weight excluding hydrogens is 284 g/mol. The Morgan fingerprint density at radius 1 is 1.30 bits per heavy atom. The summed E-state index contributed by atoms with van der Waals surface area (Å²) in [6.45, 7) is 1.30. The van der Waals surface area contributed by atoms with Crippen LogP contribution in [-0.4, -0.2) is 53.7 Å². The van der Waals surface area contributed by atoms with E-state index in [4.69, 9.17) is 11.6 Å². The molecule has 108 valence electrons. The largest absolute Gasteiger partial charge is 0.394 e. The first kappa shape index (κ1) is 14.6. The highest BCUT2D eigenvalue weighted by atomic mass is 35.5. The van der Waals surface area contributed by atoms with E-state index in [1.165, 1.54) is 4.68 Å². The Morgan fingerprint density at radius 2 is 2.05 bits per heavy atom. The van der Waals surface area contributed by atoms with E-state index in [-0.39, 0.29) is 30.4 Å². The quantitative estimate of drug-likeness (QED) is 0.701. The van der Waals surface area contributed by atoms with Gasteiger partial charge in [0.15, 0.2) is 0 Å². The van der Waals surface area contributed by atoms with Crippen molar-refractivity contribution in [1.82, 2.24) is 24.7 Å². The predicted octanol–water partition coefficient (Wildman–Crippen LogP) is 0.256. The van der Waals surface area contributed by atoms with Crippen molar-refractivity contribution in [2.45, 2.75) is 18.9 Å². The van der Waals surface area contributed by atoms with E-state index in [1.54, 1.807) is 18.5 Å². The number of aliphatic hydroxyl groups excluding tert-OH is 2. The number of hydrogen-bond acceptors (Lipinski definition) is 7. The summed E-state index contributed by atoms with van der Waals surface area (Å²) in [5.41, 5.74) is -0.911.